The highest BCUT2D eigenvalue weighted by Gasteiger charge is 2.23. The van der Waals surface area contributed by atoms with E-state index in [0.29, 0.717) is 28.3 Å². The molecule has 1 aromatic heterocycles. The number of aromatic nitrogens is 2. The molecule has 0 radical (unpaired) electrons. The highest BCUT2D eigenvalue weighted by Crippen LogP contribution is 2.41. The van der Waals surface area contributed by atoms with Gasteiger partial charge in [0.25, 0.3) is 0 Å². The molecule has 0 saturated carbocycles. The monoisotopic (exact) mass is 415 g/mol. The smallest absolute Gasteiger partial charge is 0.247 e. The van der Waals surface area contributed by atoms with Crippen molar-refractivity contribution < 1.29 is 14.3 Å². The molecule has 154 valence electrons. The predicted molar refractivity (Wildman–Crippen MR) is 114 cm³/mol. The van der Waals surface area contributed by atoms with Crippen LogP contribution in [0, 0.1) is 0 Å². The van der Waals surface area contributed by atoms with Gasteiger partial charge in [-0.05, 0) is 31.3 Å². The maximum atomic E-state index is 11.6. The Labute approximate surface area is 174 Å². The lowest BCUT2D eigenvalue weighted by Gasteiger charge is -2.32. The van der Waals surface area contributed by atoms with E-state index in [4.69, 9.17) is 9.47 Å². The molecule has 1 aliphatic heterocycles. The third-order valence-corrected chi connectivity index (χ3v) is 5.51. The summed E-state index contributed by atoms with van der Waals surface area (Å²) in [6.07, 6.45) is 1.23. The zero-order chi connectivity index (χ0) is 20.8. The highest BCUT2D eigenvalue weighted by molar-refractivity contribution is 7.99. The van der Waals surface area contributed by atoms with Gasteiger partial charge in [-0.3, -0.25) is 4.79 Å². The number of hydrogen-bond acceptors (Lipinski definition) is 8. The topological polar surface area (TPSA) is 79.8 Å². The Bertz CT molecular complexity index is 859. The standard InChI is InChI=1S/C20H25N5O3S/c1-5-16(26)21-14-7-6-8-15(13-14)29-17-18(27-3)22-20(23-19(17)28-4)25-11-9-24(2)10-12-25/h5-8,13H,1,9-12H2,2-4H3,(H,21,26). The molecule has 2 aromatic rings. The van der Waals surface area contributed by atoms with Gasteiger partial charge in [0.05, 0.1) is 14.2 Å². The molecule has 3 rings (SSSR count). The summed E-state index contributed by atoms with van der Waals surface area (Å²) < 4.78 is 11.1. The van der Waals surface area contributed by atoms with Crippen LogP contribution < -0.4 is 19.7 Å². The number of ether oxygens (including phenoxy) is 2. The Morgan fingerprint density at radius 2 is 1.83 bits per heavy atom. The van der Waals surface area contributed by atoms with Crippen molar-refractivity contribution >= 4 is 29.3 Å². The van der Waals surface area contributed by atoms with Crippen molar-refractivity contribution in [1.29, 1.82) is 0 Å². The molecule has 0 spiro atoms. The lowest BCUT2D eigenvalue weighted by Crippen LogP contribution is -2.45. The van der Waals surface area contributed by atoms with E-state index in [-0.39, 0.29) is 5.91 Å². The van der Waals surface area contributed by atoms with Crippen molar-refractivity contribution in [3.8, 4) is 11.8 Å². The number of carbonyl (C=O) groups is 1. The second kappa shape index (κ2) is 9.62. The second-order valence-corrected chi connectivity index (χ2v) is 7.57. The van der Waals surface area contributed by atoms with Crippen LogP contribution in [0.3, 0.4) is 0 Å². The summed E-state index contributed by atoms with van der Waals surface area (Å²) in [6.45, 7) is 7.07. The second-order valence-electron chi connectivity index (χ2n) is 6.48. The highest BCUT2D eigenvalue weighted by atomic mass is 32.2. The number of carbonyl (C=O) groups excluding carboxylic acids is 1. The summed E-state index contributed by atoms with van der Waals surface area (Å²) in [7, 11) is 5.27. The maximum absolute atomic E-state index is 11.6. The van der Waals surface area contributed by atoms with E-state index in [1.807, 2.05) is 24.3 Å². The SMILES string of the molecule is C=CC(=O)Nc1cccc(Sc2c(OC)nc(N3CCN(C)CC3)nc2OC)c1. The van der Waals surface area contributed by atoms with Crippen molar-refractivity contribution in [2.75, 3.05) is 57.7 Å². The minimum absolute atomic E-state index is 0.262. The van der Waals surface area contributed by atoms with Crippen molar-refractivity contribution in [2.24, 2.45) is 0 Å². The number of rotatable bonds is 7. The minimum Gasteiger partial charge on any atom is -0.480 e. The number of benzene rings is 1. The van der Waals surface area contributed by atoms with Gasteiger partial charge in [0.1, 0.15) is 4.90 Å². The van der Waals surface area contributed by atoms with Crippen LogP contribution >= 0.6 is 11.8 Å². The van der Waals surface area contributed by atoms with Crippen LogP contribution in [-0.2, 0) is 4.79 Å². The van der Waals surface area contributed by atoms with E-state index in [2.05, 4.69) is 38.7 Å². The molecule has 8 nitrogen and oxygen atoms in total. The summed E-state index contributed by atoms with van der Waals surface area (Å²) in [6, 6.07) is 7.47. The van der Waals surface area contributed by atoms with Crippen LogP contribution in [-0.4, -0.2) is 68.2 Å². The molecule has 1 amide bonds. The van der Waals surface area contributed by atoms with Crippen molar-refractivity contribution in [1.82, 2.24) is 14.9 Å². The van der Waals surface area contributed by atoms with Crippen molar-refractivity contribution in [3.63, 3.8) is 0 Å². The fraction of sp³-hybridized carbons (Fsp3) is 0.350. The molecule has 1 N–H and O–H groups in total. The number of anilines is 2. The molecule has 0 unspecified atom stereocenters. The first kappa shape index (κ1) is 20.9. The molecule has 2 heterocycles. The first-order valence-electron chi connectivity index (χ1n) is 9.19. The fourth-order valence-electron chi connectivity index (χ4n) is 2.86. The molecule has 0 atom stereocenters. The minimum atomic E-state index is -0.262. The van der Waals surface area contributed by atoms with E-state index in [9.17, 15) is 4.79 Å². The average Bonchev–Trinajstić information content (AvgIpc) is 2.74. The van der Waals surface area contributed by atoms with Gasteiger partial charge < -0.3 is 24.6 Å². The normalized spacial score (nSPS) is 14.4. The fourth-order valence-corrected chi connectivity index (χ4v) is 3.86. The number of nitrogens with zero attached hydrogens (tertiary/aromatic N) is 4. The first-order chi connectivity index (χ1) is 14.0. The van der Waals surface area contributed by atoms with Gasteiger partial charge in [0.15, 0.2) is 0 Å². The van der Waals surface area contributed by atoms with Gasteiger partial charge in [0, 0.05) is 36.8 Å². The van der Waals surface area contributed by atoms with E-state index in [1.54, 1.807) is 14.2 Å². The van der Waals surface area contributed by atoms with Crippen molar-refractivity contribution in [2.45, 2.75) is 9.79 Å². The molecule has 1 saturated heterocycles. The molecular formula is C20H25N5O3S. The summed E-state index contributed by atoms with van der Waals surface area (Å²) in [5.41, 5.74) is 0.674. The molecule has 1 aliphatic rings. The molecule has 1 fully saturated rings. The number of hydrogen-bond donors (Lipinski definition) is 1. The van der Waals surface area contributed by atoms with Crippen molar-refractivity contribution in [3.05, 3.63) is 36.9 Å². The van der Waals surface area contributed by atoms with E-state index in [0.717, 1.165) is 31.1 Å². The van der Waals surface area contributed by atoms with Gasteiger partial charge in [-0.25, -0.2) is 0 Å². The number of methoxy groups -OCH3 is 2. The summed E-state index contributed by atoms with van der Waals surface area (Å²) in [4.78, 5) is 26.8. The Morgan fingerprint density at radius 3 is 2.41 bits per heavy atom. The summed E-state index contributed by atoms with van der Waals surface area (Å²) in [5, 5.41) is 2.76. The third kappa shape index (κ3) is 5.18. The maximum Gasteiger partial charge on any atom is 0.247 e. The van der Waals surface area contributed by atoms with Gasteiger partial charge in [-0.1, -0.05) is 24.4 Å². The zero-order valence-electron chi connectivity index (χ0n) is 16.8. The molecule has 0 aliphatic carbocycles. The van der Waals surface area contributed by atoms with Gasteiger partial charge in [-0.2, -0.15) is 9.97 Å². The average molecular weight is 416 g/mol. The molecular weight excluding hydrogens is 390 g/mol. The van der Waals surface area contributed by atoms with E-state index in [1.165, 1.54) is 17.8 Å². The molecule has 9 heteroatoms. The number of likely N-dealkylation sites (N-methyl/N-ethyl adjacent to an activating group) is 1. The quantitative estimate of drug-likeness (QED) is 0.691. The van der Waals surface area contributed by atoms with Gasteiger partial charge in [0.2, 0.25) is 23.6 Å². The lowest BCUT2D eigenvalue weighted by molar-refractivity contribution is -0.111. The third-order valence-electron chi connectivity index (χ3n) is 4.47. The summed E-state index contributed by atoms with van der Waals surface area (Å²) >= 11 is 1.42. The number of piperazine rings is 1. The predicted octanol–water partition coefficient (Wildman–Crippen LogP) is 2.52. The van der Waals surface area contributed by atoms with E-state index >= 15 is 0 Å². The Morgan fingerprint density at radius 1 is 1.17 bits per heavy atom. The largest absolute Gasteiger partial charge is 0.480 e. The zero-order valence-corrected chi connectivity index (χ0v) is 17.7. The van der Waals surface area contributed by atoms with Crippen LogP contribution in [0.5, 0.6) is 11.8 Å². The summed E-state index contributed by atoms with van der Waals surface area (Å²) in [5.74, 6) is 1.25. The van der Waals surface area contributed by atoms with Gasteiger partial charge >= 0.3 is 0 Å². The first-order valence-corrected chi connectivity index (χ1v) is 10.0. The Hall–Kier alpha value is -2.78. The molecule has 1 aromatic carbocycles. The van der Waals surface area contributed by atoms with Crippen LogP contribution in [0.25, 0.3) is 0 Å². The Balaban J connectivity index is 1.88. The number of amides is 1. The van der Waals surface area contributed by atoms with Crippen LogP contribution in [0.1, 0.15) is 0 Å². The van der Waals surface area contributed by atoms with Crippen LogP contribution in [0.2, 0.25) is 0 Å². The lowest BCUT2D eigenvalue weighted by atomic mass is 10.3. The number of nitrogens with one attached hydrogen (secondary N) is 1. The molecule has 0 bridgehead atoms. The van der Waals surface area contributed by atoms with Gasteiger partial charge in [-0.15, -0.1) is 0 Å². The Kier molecular flexibility index (Phi) is 6.95. The van der Waals surface area contributed by atoms with Crippen LogP contribution in [0.4, 0.5) is 11.6 Å². The van der Waals surface area contributed by atoms with E-state index < -0.39 is 0 Å². The molecule has 29 heavy (non-hydrogen) atoms. The van der Waals surface area contributed by atoms with Crippen LogP contribution in [0.15, 0.2) is 46.7 Å².